The van der Waals surface area contributed by atoms with Crippen molar-refractivity contribution >= 4 is 17.6 Å². The monoisotopic (exact) mass is 484 g/mol. The minimum Gasteiger partial charge on any atom is -0.460 e. The molecule has 2 N–H and O–H groups in total. The number of ether oxygens (including phenoxy) is 1. The zero-order valence-electron chi connectivity index (χ0n) is 20.2. The Hall–Kier alpha value is -3.20. The van der Waals surface area contributed by atoms with Crippen molar-refractivity contribution in [3.05, 3.63) is 54.2 Å². The molecule has 35 heavy (non-hydrogen) atoms. The minimum absolute atomic E-state index is 0.132. The van der Waals surface area contributed by atoms with Crippen LogP contribution in [0.5, 0.6) is 5.75 Å². The maximum absolute atomic E-state index is 13.5. The van der Waals surface area contributed by atoms with Crippen LogP contribution in [0.15, 0.2) is 48.4 Å². The zero-order chi connectivity index (χ0) is 25.0. The number of rotatable bonds is 9. The predicted molar refractivity (Wildman–Crippen MR) is 129 cm³/mol. The van der Waals surface area contributed by atoms with E-state index in [0.29, 0.717) is 29.7 Å². The van der Waals surface area contributed by atoms with Gasteiger partial charge in [0.1, 0.15) is 23.4 Å². The van der Waals surface area contributed by atoms with Crippen molar-refractivity contribution in [1.82, 2.24) is 14.7 Å². The predicted octanol–water partition coefficient (Wildman–Crippen LogP) is 3.88. The molecule has 0 saturated heterocycles. The first-order valence-corrected chi connectivity index (χ1v) is 12.2. The molecule has 1 aromatic heterocycles. The Morgan fingerprint density at radius 2 is 2.06 bits per heavy atom. The van der Waals surface area contributed by atoms with Crippen molar-refractivity contribution in [2.24, 2.45) is 5.92 Å². The Kier molecular flexibility index (Phi) is 7.54. The number of anilines is 1. The number of benzene rings is 1. The lowest BCUT2D eigenvalue weighted by Crippen LogP contribution is -2.46. The molecule has 2 heterocycles. The van der Waals surface area contributed by atoms with Crippen LogP contribution >= 0.6 is 0 Å². The maximum Gasteiger partial charge on any atom is 0.251 e. The van der Waals surface area contributed by atoms with Crippen LogP contribution in [0.4, 0.5) is 10.2 Å². The molecule has 9 heteroatoms. The molecule has 1 aromatic carbocycles. The Morgan fingerprint density at radius 1 is 1.29 bits per heavy atom. The number of carbonyl (C=O) groups is 2. The molecule has 2 aromatic rings. The van der Waals surface area contributed by atoms with Crippen LogP contribution in [0.1, 0.15) is 52.4 Å². The Bertz CT molecular complexity index is 1090. The molecule has 4 rings (SSSR count). The van der Waals surface area contributed by atoms with Crippen molar-refractivity contribution in [3.63, 3.8) is 0 Å². The average Bonchev–Trinajstić information content (AvgIpc) is 3.37. The largest absolute Gasteiger partial charge is 0.460 e. The van der Waals surface area contributed by atoms with Crippen LogP contribution in [-0.2, 0) is 16.1 Å². The summed E-state index contributed by atoms with van der Waals surface area (Å²) in [4.78, 5) is 27.8. The van der Waals surface area contributed by atoms with Crippen molar-refractivity contribution < 1.29 is 23.8 Å². The molecule has 0 spiro atoms. The quantitative estimate of drug-likeness (QED) is 0.563. The van der Waals surface area contributed by atoms with Crippen molar-refractivity contribution in [1.29, 1.82) is 0 Å². The Labute approximate surface area is 204 Å². The highest BCUT2D eigenvalue weighted by Gasteiger charge is 2.36. The number of halogens is 1. The first kappa shape index (κ1) is 24.9. The number of nitrogens with zero attached hydrogens (tertiary/aromatic N) is 3. The van der Waals surface area contributed by atoms with Gasteiger partial charge in [0.15, 0.2) is 5.82 Å². The number of carbonyl (C=O) groups excluding carboxylic acids is 2. The molecule has 1 unspecified atom stereocenters. The highest BCUT2D eigenvalue weighted by molar-refractivity contribution is 5.99. The summed E-state index contributed by atoms with van der Waals surface area (Å²) in [5.74, 6) is 0.352. The molecule has 2 aliphatic rings. The second-order valence-electron chi connectivity index (χ2n) is 10.1. The molecule has 0 bridgehead atoms. The van der Waals surface area contributed by atoms with Crippen LogP contribution in [0.25, 0.3) is 0 Å². The van der Waals surface area contributed by atoms with Gasteiger partial charge in [0.25, 0.3) is 5.91 Å². The van der Waals surface area contributed by atoms with Crippen molar-refractivity contribution in [2.75, 3.05) is 11.9 Å². The van der Waals surface area contributed by atoms with Crippen LogP contribution in [0.3, 0.4) is 0 Å². The van der Waals surface area contributed by atoms with E-state index in [4.69, 9.17) is 4.74 Å². The minimum atomic E-state index is -0.942. The summed E-state index contributed by atoms with van der Waals surface area (Å²) >= 11 is 0. The van der Waals surface area contributed by atoms with Gasteiger partial charge in [-0.2, -0.15) is 5.10 Å². The van der Waals surface area contributed by atoms with E-state index in [1.54, 1.807) is 36.9 Å². The fourth-order valence-electron chi connectivity index (χ4n) is 4.76. The highest BCUT2D eigenvalue weighted by atomic mass is 19.1. The van der Waals surface area contributed by atoms with Crippen LogP contribution in [0, 0.1) is 11.7 Å². The van der Waals surface area contributed by atoms with Gasteiger partial charge in [-0.15, -0.1) is 0 Å². The van der Waals surface area contributed by atoms with Crippen LogP contribution < -0.4 is 10.1 Å². The van der Waals surface area contributed by atoms with Gasteiger partial charge >= 0.3 is 0 Å². The van der Waals surface area contributed by atoms with Gasteiger partial charge in [0.05, 0.1) is 18.7 Å². The van der Waals surface area contributed by atoms with E-state index in [-0.39, 0.29) is 24.9 Å². The second-order valence-corrected chi connectivity index (χ2v) is 10.1. The SMILES string of the molecule is CC(C)(O)Cn1ccc(NC(=O)C(CC2CCCCC2)N2CC(Oc3cccc(F)c3)=CC2=O)n1. The topological polar surface area (TPSA) is 96.7 Å². The summed E-state index contributed by atoms with van der Waals surface area (Å²) in [6.45, 7) is 3.78. The van der Waals surface area contributed by atoms with Crippen molar-refractivity contribution in [3.8, 4) is 5.75 Å². The Balaban J connectivity index is 1.47. The summed E-state index contributed by atoms with van der Waals surface area (Å²) in [6, 6.07) is 6.72. The van der Waals surface area contributed by atoms with Gasteiger partial charge < -0.3 is 20.1 Å². The number of aromatic nitrogens is 2. The Morgan fingerprint density at radius 3 is 2.77 bits per heavy atom. The molecule has 2 amide bonds. The molecule has 1 aliphatic heterocycles. The van der Waals surface area contributed by atoms with Crippen LogP contribution in [0.2, 0.25) is 0 Å². The smallest absolute Gasteiger partial charge is 0.251 e. The second kappa shape index (κ2) is 10.6. The molecule has 1 aliphatic carbocycles. The van der Waals surface area contributed by atoms with Gasteiger partial charge in [-0.3, -0.25) is 14.3 Å². The number of hydrogen-bond donors (Lipinski definition) is 2. The van der Waals surface area contributed by atoms with E-state index in [0.717, 1.165) is 25.7 Å². The van der Waals surface area contributed by atoms with Gasteiger partial charge in [-0.05, 0) is 38.3 Å². The number of nitrogens with one attached hydrogen (secondary N) is 1. The van der Waals surface area contributed by atoms with E-state index in [1.807, 2.05) is 0 Å². The third-order valence-corrected chi connectivity index (χ3v) is 6.34. The summed E-state index contributed by atoms with van der Waals surface area (Å²) in [5.41, 5.74) is -0.942. The molecular weight excluding hydrogens is 451 g/mol. The molecule has 8 nitrogen and oxygen atoms in total. The lowest BCUT2D eigenvalue weighted by molar-refractivity contribution is -0.134. The third kappa shape index (κ3) is 6.91. The lowest BCUT2D eigenvalue weighted by Gasteiger charge is -2.31. The lowest BCUT2D eigenvalue weighted by atomic mass is 9.84. The van der Waals surface area contributed by atoms with Gasteiger partial charge in [-0.25, -0.2) is 4.39 Å². The molecule has 0 radical (unpaired) electrons. The van der Waals surface area contributed by atoms with E-state index < -0.39 is 17.5 Å². The summed E-state index contributed by atoms with van der Waals surface area (Å²) < 4.78 is 20.8. The van der Waals surface area contributed by atoms with Gasteiger partial charge in [-0.1, -0.05) is 38.2 Å². The van der Waals surface area contributed by atoms with E-state index in [9.17, 15) is 19.1 Å². The maximum atomic E-state index is 13.5. The molecule has 188 valence electrons. The fourth-order valence-corrected chi connectivity index (χ4v) is 4.76. The van der Waals surface area contributed by atoms with Crippen molar-refractivity contribution in [2.45, 2.75) is 70.6 Å². The zero-order valence-corrected chi connectivity index (χ0v) is 20.2. The van der Waals surface area contributed by atoms with Gasteiger partial charge in [0.2, 0.25) is 5.91 Å². The normalized spacial score (nSPS) is 17.9. The average molecular weight is 485 g/mol. The third-order valence-electron chi connectivity index (χ3n) is 6.34. The van der Waals surface area contributed by atoms with E-state index >= 15 is 0 Å². The summed E-state index contributed by atoms with van der Waals surface area (Å²) in [5, 5.41) is 17.2. The molecular formula is C26H33FN4O4. The summed E-state index contributed by atoms with van der Waals surface area (Å²) in [6.07, 6.45) is 9.13. The molecule has 1 fully saturated rings. The van der Waals surface area contributed by atoms with Crippen LogP contribution in [-0.4, -0.2) is 49.8 Å². The van der Waals surface area contributed by atoms with Gasteiger partial charge in [0, 0.05) is 24.4 Å². The van der Waals surface area contributed by atoms with E-state index in [2.05, 4.69) is 10.4 Å². The van der Waals surface area contributed by atoms with E-state index in [1.165, 1.54) is 35.6 Å². The number of aliphatic hydroxyl groups is 1. The fraction of sp³-hybridized carbons (Fsp3) is 0.500. The number of amides is 2. The highest BCUT2D eigenvalue weighted by Crippen LogP contribution is 2.31. The number of hydrogen-bond acceptors (Lipinski definition) is 5. The first-order chi connectivity index (χ1) is 16.7. The molecule has 1 atom stereocenters. The first-order valence-electron chi connectivity index (χ1n) is 12.2. The molecule has 1 saturated carbocycles. The standard InChI is InChI=1S/C26H33FN4O4/c1-26(2,34)17-30-12-11-23(29-30)28-25(33)22(13-18-7-4-3-5-8-18)31-16-21(15-24(31)32)35-20-10-6-9-19(27)14-20/h6,9-12,14-15,18,22,34H,3-5,7-8,13,16-17H2,1-2H3,(H,28,29,33). The summed E-state index contributed by atoms with van der Waals surface area (Å²) in [7, 11) is 0.